The molecule has 0 bridgehead atoms. The zero-order valence-corrected chi connectivity index (χ0v) is 19.4. The third-order valence-electron chi connectivity index (χ3n) is 7.02. The van der Waals surface area contributed by atoms with Crippen LogP contribution >= 0.6 is 11.6 Å². The van der Waals surface area contributed by atoms with Gasteiger partial charge in [-0.05, 0) is 44.4 Å². The molecule has 1 aliphatic carbocycles. The number of likely N-dealkylation sites (tertiary alicyclic amines) is 1. The van der Waals surface area contributed by atoms with E-state index in [0.29, 0.717) is 52.1 Å². The summed E-state index contributed by atoms with van der Waals surface area (Å²) >= 11 is 6.13. The summed E-state index contributed by atoms with van der Waals surface area (Å²) in [5.74, 6) is 0.304. The van der Waals surface area contributed by atoms with E-state index in [0.717, 1.165) is 25.7 Å². The molecule has 31 heavy (non-hydrogen) atoms. The van der Waals surface area contributed by atoms with Crippen LogP contribution < -0.4 is 0 Å². The first-order valence-electron chi connectivity index (χ1n) is 11.3. The summed E-state index contributed by atoms with van der Waals surface area (Å²) < 4.78 is 27.6. The van der Waals surface area contributed by atoms with Gasteiger partial charge in [-0.15, -0.1) is 0 Å². The number of aliphatic hydroxyl groups is 1. The Hall–Kier alpha value is -1.19. The van der Waals surface area contributed by atoms with Gasteiger partial charge in [0.05, 0.1) is 17.7 Å². The van der Waals surface area contributed by atoms with Crippen molar-refractivity contribution in [2.75, 3.05) is 39.3 Å². The number of sulfonamides is 1. The Balaban J connectivity index is 1.38. The van der Waals surface area contributed by atoms with E-state index in [-0.39, 0.29) is 33.9 Å². The first-order chi connectivity index (χ1) is 14.9. The van der Waals surface area contributed by atoms with Crippen molar-refractivity contribution in [3.63, 3.8) is 0 Å². The van der Waals surface area contributed by atoms with Gasteiger partial charge in [0.2, 0.25) is 15.9 Å². The van der Waals surface area contributed by atoms with Crippen molar-refractivity contribution in [1.82, 2.24) is 14.1 Å². The zero-order chi connectivity index (χ0) is 22.0. The van der Waals surface area contributed by atoms with Gasteiger partial charge in [-0.3, -0.25) is 9.69 Å². The number of fused-ring (bicyclic) bond motifs is 1. The van der Waals surface area contributed by atoms with Gasteiger partial charge >= 0.3 is 0 Å². The molecule has 172 valence electrons. The number of benzene rings is 1. The van der Waals surface area contributed by atoms with E-state index in [1.165, 1.54) is 10.4 Å². The summed E-state index contributed by atoms with van der Waals surface area (Å²) in [6.45, 7) is 2.87. The highest BCUT2D eigenvalue weighted by atomic mass is 35.5. The van der Waals surface area contributed by atoms with Crippen LogP contribution in [0.5, 0.6) is 0 Å². The van der Waals surface area contributed by atoms with Gasteiger partial charge in [-0.1, -0.05) is 36.6 Å². The number of hydrogen-bond acceptors (Lipinski definition) is 5. The smallest absolute Gasteiger partial charge is 0.244 e. The van der Waals surface area contributed by atoms with Crippen LogP contribution in [0, 0.1) is 5.92 Å². The van der Waals surface area contributed by atoms with Crippen molar-refractivity contribution < 1.29 is 18.3 Å². The molecule has 9 heteroatoms. The van der Waals surface area contributed by atoms with Gasteiger partial charge in [-0.25, -0.2) is 8.42 Å². The molecule has 2 saturated heterocycles. The molecule has 1 amide bonds. The number of aliphatic hydroxyl groups excluding tert-OH is 1. The summed E-state index contributed by atoms with van der Waals surface area (Å²) in [5.41, 5.74) is 0. The predicted octanol–water partition coefficient (Wildman–Crippen LogP) is 2.19. The third-order valence-corrected chi connectivity index (χ3v) is 9.42. The molecule has 7 nitrogen and oxygen atoms in total. The zero-order valence-electron chi connectivity index (χ0n) is 17.8. The SMILES string of the molecule is O=C(CN1CCCN(S(=O)(=O)c2ccccc2Cl)CC1)N1CCC(O)C2CCCCC21. The van der Waals surface area contributed by atoms with Gasteiger partial charge in [0, 0.05) is 38.1 Å². The summed E-state index contributed by atoms with van der Waals surface area (Å²) in [5, 5.41) is 10.6. The van der Waals surface area contributed by atoms with Crippen LogP contribution in [0.4, 0.5) is 0 Å². The molecular weight excluding hydrogens is 438 g/mol. The van der Waals surface area contributed by atoms with Crippen LogP contribution in [0.3, 0.4) is 0 Å². The molecule has 2 aliphatic heterocycles. The maximum atomic E-state index is 13.1. The highest BCUT2D eigenvalue weighted by Gasteiger charge is 2.40. The van der Waals surface area contributed by atoms with E-state index in [4.69, 9.17) is 11.6 Å². The first kappa shape index (κ1) is 23.0. The van der Waals surface area contributed by atoms with E-state index in [9.17, 15) is 18.3 Å². The molecule has 0 radical (unpaired) electrons. The summed E-state index contributed by atoms with van der Waals surface area (Å²) in [6.07, 6.45) is 5.22. The third kappa shape index (κ3) is 4.93. The monoisotopic (exact) mass is 469 g/mol. The van der Waals surface area contributed by atoms with Crippen molar-refractivity contribution in [3.05, 3.63) is 29.3 Å². The average molecular weight is 470 g/mol. The second-order valence-corrected chi connectivity index (χ2v) is 11.2. The maximum Gasteiger partial charge on any atom is 0.244 e. The van der Waals surface area contributed by atoms with Crippen molar-refractivity contribution in [1.29, 1.82) is 0 Å². The molecule has 1 saturated carbocycles. The minimum absolute atomic E-state index is 0.103. The molecule has 1 aromatic rings. The summed E-state index contributed by atoms with van der Waals surface area (Å²) in [4.78, 5) is 17.3. The fourth-order valence-corrected chi connectivity index (χ4v) is 7.32. The van der Waals surface area contributed by atoms with Crippen LogP contribution in [-0.4, -0.2) is 85.0 Å². The highest BCUT2D eigenvalue weighted by molar-refractivity contribution is 7.89. The quantitative estimate of drug-likeness (QED) is 0.731. The highest BCUT2D eigenvalue weighted by Crippen LogP contribution is 2.35. The summed E-state index contributed by atoms with van der Waals surface area (Å²) in [7, 11) is -3.66. The van der Waals surface area contributed by atoms with Gasteiger partial charge in [0.15, 0.2) is 0 Å². The van der Waals surface area contributed by atoms with Crippen molar-refractivity contribution >= 4 is 27.5 Å². The van der Waals surface area contributed by atoms with Crippen molar-refractivity contribution in [3.8, 4) is 0 Å². The molecule has 3 unspecified atom stereocenters. The number of carbonyl (C=O) groups excluding carboxylic acids is 1. The number of rotatable bonds is 4. The second kappa shape index (κ2) is 9.75. The van der Waals surface area contributed by atoms with E-state index in [2.05, 4.69) is 4.90 Å². The Bertz CT molecular complexity index is 896. The normalized spacial score (nSPS) is 28.7. The van der Waals surface area contributed by atoms with Gasteiger partial charge in [-0.2, -0.15) is 4.31 Å². The van der Waals surface area contributed by atoms with Crippen molar-refractivity contribution in [2.24, 2.45) is 5.92 Å². The topological polar surface area (TPSA) is 81.2 Å². The fourth-order valence-electron chi connectivity index (χ4n) is 5.36. The molecule has 3 fully saturated rings. The van der Waals surface area contributed by atoms with Crippen LogP contribution in [0.15, 0.2) is 29.2 Å². The average Bonchev–Trinajstić information content (AvgIpc) is 3.00. The first-order valence-corrected chi connectivity index (χ1v) is 13.1. The summed E-state index contributed by atoms with van der Waals surface area (Å²) in [6, 6.07) is 6.66. The molecule has 3 aliphatic rings. The number of amides is 1. The fraction of sp³-hybridized carbons (Fsp3) is 0.682. The number of nitrogens with zero attached hydrogens (tertiary/aromatic N) is 3. The minimum Gasteiger partial charge on any atom is -0.393 e. The number of hydrogen-bond donors (Lipinski definition) is 1. The van der Waals surface area contributed by atoms with Gasteiger partial charge in [0.1, 0.15) is 4.90 Å². The lowest BCUT2D eigenvalue weighted by Gasteiger charge is -2.46. The molecule has 0 aromatic heterocycles. The van der Waals surface area contributed by atoms with E-state index in [1.807, 2.05) is 4.90 Å². The Kier molecular flexibility index (Phi) is 7.23. The number of carbonyl (C=O) groups is 1. The Morgan fingerprint density at radius 3 is 2.58 bits per heavy atom. The largest absolute Gasteiger partial charge is 0.393 e. The Morgan fingerprint density at radius 1 is 1.00 bits per heavy atom. The lowest BCUT2D eigenvalue weighted by atomic mass is 9.76. The minimum atomic E-state index is -3.66. The molecule has 1 N–H and O–H groups in total. The molecule has 4 rings (SSSR count). The molecule has 1 aromatic carbocycles. The lowest BCUT2D eigenvalue weighted by Crippen LogP contribution is -2.56. The van der Waals surface area contributed by atoms with E-state index >= 15 is 0 Å². The predicted molar refractivity (Wildman–Crippen MR) is 119 cm³/mol. The van der Waals surface area contributed by atoms with Crippen LogP contribution in [0.25, 0.3) is 0 Å². The standard InChI is InChI=1S/C22H32ClN3O4S/c23-18-7-2-4-9-21(18)31(29,30)25-12-5-11-24(14-15-25)16-22(28)26-13-10-20(27)17-6-1-3-8-19(17)26/h2,4,7,9,17,19-20,27H,1,3,5-6,8,10-16H2. The lowest BCUT2D eigenvalue weighted by molar-refractivity contribution is -0.142. The van der Waals surface area contributed by atoms with E-state index in [1.54, 1.807) is 18.2 Å². The molecule has 0 spiro atoms. The van der Waals surface area contributed by atoms with Crippen LogP contribution in [0.2, 0.25) is 5.02 Å². The second-order valence-electron chi connectivity index (χ2n) is 8.92. The Morgan fingerprint density at radius 2 is 1.77 bits per heavy atom. The molecular formula is C22H32ClN3O4S. The molecule has 3 atom stereocenters. The molecule has 2 heterocycles. The maximum absolute atomic E-state index is 13.1. The number of halogens is 1. The van der Waals surface area contributed by atoms with E-state index < -0.39 is 10.0 Å². The number of piperidine rings is 1. The van der Waals surface area contributed by atoms with Crippen LogP contribution in [0.1, 0.15) is 38.5 Å². The van der Waals surface area contributed by atoms with Crippen molar-refractivity contribution in [2.45, 2.75) is 55.6 Å². The van der Waals surface area contributed by atoms with Gasteiger partial charge < -0.3 is 10.0 Å². The van der Waals surface area contributed by atoms with Gasteiger partial charge in [0.25, 0.3) is 0 Å². The van der Waals surface area contributed by atoms with Crippen LogP contribution in [-0.2, 0) is 14.8 Å². The Labute approximate surface area is 190 Å².